The molecule has 4 atom stereocenters. The van der Waals surface area contributed by atoms with Crippen LogP contribution in [0.5, 0.6) is 0 Å². The quantitative estimate of drug-likeness (QED) is 0.613. The Bertz CT molecular complexity index is 168. The third-order valence-corrected chi connectivity index (χ3v) is 3.79. The fraction of sp³-hybridized carbons (Fsp3) is 1.00. The number of rotatable bonds is 0. The molecule has 0 aromatic heterocycles. The van der Waals surface area contributed by atoms with Crippen LogP contribution < -0.4 is 0 Å². The van der Waals surface area contributed by atoms with Crippen molar-refractivity contribution in [1.29, 1.82) is 0 Å². The predicted molar refractivity (Wildman–Crippen MR) is 56.5 cm³/mol. The van der Waals surface area contributed by atoms with Crippen molar-refractivity contribution in [2.24, 2.45) is 23.2 Å². The zero-order chi connectivity index (χ0) is 10.2. The maximum atomic E-state index is 9.99. The highest BCUT2D eigenvalue weighted by atomic mass is 16.3. The van der Waals surface area contributed by atoms with Crippen LogP contribution in [0.4, 0.5) is 0 Å². The van der Waals surface area contributed by atoms with Gasteiger partial charge in [0.05, 0.1) is 6.10 Å². The summed E-state index contributed by atoms with van der Waals surface area (Å²) in [5.41, 5.74) is 0.258. The Morgan fingerprint density at radius 1 is 1.00 bits per heavy atom. The monoisotopic (exact) mass is 184 g/mol. The fourth-order valence-corrected chi connectivity index (χ4v) is 2.50. The Morgan fingerprint density at radius 3 is 1.92 bits per heavy atom. The highest BCUT2D eigenvalue weighted by Crippen LogP contribution is 2.42. The normalized spacial score (nSPS) is 42.0. The Hall–Kier alpha value is -0.0400. The van der Waals surface area contributed by atoms with Gasteiger partial charge in [-0.2, -0.15) is 0 Å². The van der Waals surface area contributed by atoms with Gasteiger partial charge in [-0.3, -0.25) is 0 Å². The third-order valence-electron chi connectivity index (χ3n) is 3.79. The van der Waals surface area contributed by atoms with Gasteiger partial charge in [0.1, 0.15) is 0 Å². The summed E-state index contributed by atoms with van der Waals surface area (Å²) in [6, 6.07) is 0. The van der Waals surface area contributed by atoms with Crippen LogP contribution >= 0.6 is 0 Å². The fourth-order valence-electron chi connectivity index (χ4n) is 2.50. The molecule has 1 fully saturated rings. The summed E-state index contributed by atoms with van der Waals surface area (Å²) in [5.74, 6) is 1.94. The zero-order valence-electron chi connectivity index (χ0n) is 9.67. The van der Waals surface area contributed by atoms with Crippen LogP contribution in [-0.2, 0) is 0 Å². The molecule has 1 nitrogen and oxygen atoms in total. The number of hydrogen-bond donors (Lipinski definition) is 1. The minimum absolute atomic E-state index is 0.0776. The summed E-state index contributed by atoms with van der Waals surface area (Å²) >= 11 is 0. The lowest BCUT2D eigenvalue weighted by Crippen LogP contribution is -2.40. The van der Waals surface area contributed by atoms with Crippen molar-refractivity contribution < 1.29 is 5.11 Å². The molecular formula is C12H24O. The van der Waals surface area contributed by atoms with E-state index in [1.54, 1.807) is 0 Å². The molecule has 1 aliphatic rings. The standard InChI is InChI=1S/C12H24O/c1-8-6-10(12(3,4)5)11(13)7-9(8)2/h8-11,13H,6-7H2,1-5H3. The molecule has 0 aromatic carbocycles. The van der Waals surface area contributed by atoms with Crippen LogP contribution in [0.25, 0.3) is 0 Å². The average molecular weight is 184 g/mol. The van der Waals surface area contributed by atoms with E-state index in [0.29, 0.717) is 11.8 Å². The van der Waals surface area contributed by atoms with E-state index in [0.717, 1.165) is 12.3 Å². The molecule has 1 heteroatoms. The summed E-state index contributed by atoms with van der Waals surface area (Å²) < 4.78 is 0. The molecule has 0 spiro atoms. The Morgan fingerprint density at radius 2 is 1.46 bits per heavy atom. The molecule has 0 aromatic rings. The molecule has 0 aliphatic heterocycles. The number of aliphatic hydroxyl groups excluding tert-OH is 1. The summed E-state index contributed by atoms with van der Waals surface area (Å²) in [6.07, 6.45) is 2.10. The topological polar surface area (TPSA) is 20.2 Å². The van der Waals surface area contributed by atoms with Gasteiger partial charge in [-0.1, -0.05) is 34.6 Å². The van der Waals surface area contributed by atoms with Gasteiger partial charge in [-0.15, -0.1) is 0 Å². The maximum Gasteiger partial charge on any atom is 0.0576 e. The van der Waals surface area contributed by atoms with Crippen molar-refractivity contribution in [3.63, 3.8) is 0 Å². The minimum atomic E-state index is -0.0776. The van der Waals surface area contributed by atoms with Gasteiger partial charge >= 0.3 is 0 Å². The summed E-state index contributed by atoms with van der Waals surface area (Å²) in [4.78, 5) is 0. The third kappa shape index (κ3) is 2.46. The Labute approximate surface area is 82.5 Å². The van der Waals surface area contributed by atoms with Gasteiger partial charge in [0, 0.05) is 0 Å². The first-order valence-electron chi connectivity index (χ1n) is 5.50. The first-order valence-corrected chi connectivity index (χ1v) is 5.50. The molecular weight excluding hydrogens is 160 g/mol. The lowest BCUT2D eigenvalue weighted by atomic mass is 9.65. The summed E-state index contributed by atoms with van der Waals surface area (Å²) in [6.45, 7) is 11.3. The summed E-state index contributed by atoms with van der Waals surface area (Å²) in [7, 11) is 0. The van der Waals surface area contributed by atoms with Crippen molar-refractivity contribution in [3.8, 4) is 0 Å². The lowest BCUT2D eigenvalue weighted by Gasteiger charge is -2.43. The highest BCUT2D eigenvalue weighted by molar-refractivity contribution is 4.88. The van der Waals surface area contributed by atoms with Crippen LogP contribution in [0, 0.1) is 23.2 Å². The maximum absolute atomic E-state index is 9.99. The van der Waals surface area contributed by atoms with Crippen LogP contribution in [0.2, 0.25) is 0 Å². The van der Waals surface area contributed by atoms with Crippen molar-refractivity contribution in [2.45, 2.75) is 53.6 Å². The van der Waals surface area contributed by atoms with Crippen LogP contribution in [0.3, 0.4) is 0 Å². The van der Waals surface area contributed by atoms with Crippen molar-refractivity contribution in [2.75, 3.05) is 0 Å². The Kier molecular flexibility index (Phi) is 3.06. The van der Waals surface area contributed by atoms with E-state index in [9.17, 15) is 5.11 Å². The number of hydrogen-bond acceptors (Lipinski definition) is 1. The molecule has 0 radical (unpaired) electrons. The van der Waals surface area contributed by atoms with Crippen LogP contribution in [0.15, 0.2) is 0 Å². The average Bonchev–Trinajstić information content (AvgIpc) is 1.94. The smallest absolute Gasteiger partial charge is 0.0576 e. The lowest BCUT2D eigenvalue weighted by molar-refractivity contribution is -0.0258. The van der Waals surface area contributed by atoms with E-state index in [2.05, 4.69) is 34.6 Å². The molecule has 0 heterocycles. The van der Waals surface area contributed by atoms with Crippen molar-refractivity contribution in [1.82, 2.24) is 0 Å². The van der Waals surface area contributed by atoms with E-state index in [-0.39, 0.29) is 11.5 Å². The molecule has 1 rings (SSSR count). The highest BCUT2D eigenvalue weighted by Gasteiger charge is 2.38. The molecule has 0 amide bonds. The van der Waals surface area contributed by atoms with E-state index in [4.69, 9.17) is 0 Å². The molecule has 0 saturated heterocycles. The van der Waals surface area contributed by atoms with Gasteiger partial charge in [-0.25, -0.2) is 0 Å². The van der Waals surface area contributed by atoms with Crippen molar-refractivity contribution >= 4 is 0 Å². The van der Waals surface area contributed by atoms with Crippen LogP contribution in [0.1, 0.15) is 47.5 Å². The molecule has 78 valence electrons. The first-order chi connectivity index (χ1) is 5.82. The van der Waals surface area contributed by atoms with Gasteiger partial charge in [-0.05, 0) is 36.0 Å². The summed E-state index contributed by atoms with van der Waals surface area (Å²) in [5, 5.41) is 9.99. The molecule has 0 bridgehead atoms. The SMILES string of the molecule is CC1CC(O)C(C(C)(C)C)CC1C. The van der Waals surface area contributed by atoms with Gasteiger partial charge in [0.25, 0.3) is 0 Å². The van der Waals surface area contributed by atoms with Crippen molar-refractivity contribution in [3.05, 3.63) is 0 Å². The molecule has 1 N–H and O–H groups in total. The second kappa shape index (κ2) is 3.61. The largest absolute Gasteiger partial charge is 0.393 e. The first kappa shape index (κ1) is 11.0. The van der Waals surface area contributed by atoms with Gasteiger partial charge in [0.2, 0.25) is 0 Å². The molecule has 13 heavy (non-hydrogen) atoms. The molecule has 1 saturated carbocycles. The van der Waals surface area contributed by atoms with E-state index < -0.39 is 0 Å². The van der Waals surface area contributed by atoms with E-state index >= 15 is 0 Å². The molecule has 1 aliphatic carbocycles. The van der Waals surface area contributed by atoms with E-state index in [1.807, 2.05) is 0 Å². The van der Waals surface area contributed by atoms with Gasteiger partial charge < -0.3 is 5.11 Å². The predicted octanol–water partition coefficient (Wildman–Crippen LogP) is 3.08. The second-order valence-corrected chi connectivity index (χ2v) is 5.97. The minimum Gasteiger partial charge on any atom is -0.393 e. The molecule has 4 unspecified atom stereocenters. The van der Waals surface area contributed by atoms with Gasteiger partial charge in [0.15, 0.2) is 0 Å². The number of aliphatic hydroxyl groups is 1. The van der Waals surface area contributed by atoms with E-state index in [1.165, 1.54) is 6.42 Å². The zero-order valence-corrected chi connectivity index (χ0v) is 9.67. The second-order valence-electron chi connectivity index (χ2n) is 5.97. The Balaban J connectivity index is 2.67. The van der Waals surface area contributed by atoms with Crippen LogP contribution in [-0.4, -0.2) is 11.2 Å².